The average Bonchev–Trinajstić information content (AvgIpc) is 3.61. The van der Waals surface area contributed by atoms with Crippen LogP contribution in [0, 0.1) is 0 Å². The highest BCUT2D eigenvalue weighted by atomic mass is 32.2. The van der Waals surface area contributed by atoms with Gasteiger partial charge in [-0.05, 0) is 68.5 Å². The van der Waals surface area contributed by atoms with Gasteiger partial charge in [0.15, 0.2) is 5.13 Å². The third-order valence-corrected chi connectivity index (χ3v) is 10.2. The van der Waals surface area contributed by atoms with Gasteiger partial charge >= 0.3 is 0 Å². The normalized spacial score (nSPS) is 20.8. The number of sulfonamides is 1. The van der Waals surface area contributed by atoms with Crippen molar-refractivity contribution in [2.45, 2.75) is 62.5 Å². The molecular formula is C27H33N3O5S2. The molecular weight excluding hydrogens is 510 g/mol. The predicted molar refractivity (Wildman–Crippen MR) is 145 cm³/mol. The van der Waals surface area contributed by atoms with Crippen molar-refractivity contribution in [1.29, 1.82) is 0 Å². The number of aromatic nitrogens is 1. The minimum Gasteiger partial charge on any atom is -0.494 e. The monoisotopic (exact) mass is 543 g/mol. The molecule has 1 amide bonds. The molecule has 3 heterocycles. The summed E-state index contributed by atoms with van der Waals surface area (Å²) in [5.41, 5.74) is 1.12. The van der Waals surface area contributed by atoms with Gasteiger partial charge in [0.25, 0.3) is 5.91 Å². The van der Waals surface area contributed by atoms with E-state index in [0.717, 1.165) is 43.2 Å². The fourth-order valence-electron chi connectivity index (χ4n) is 5.19. The molecule has 2 atom stereocenters. The highest BCUT2D eigenvalue weighted by molar-refractivity contribution is 7.89. The van der Waals surface area contributed by atoms with Crippen molar-refractivity contribution in [3.8, 4) is 5.75 Å². The first kappa shape index (κ1) is 26.1. The molecule has 0 spiro atoms. The van der Waals surface area contributed by atoms with Gasteiger partial charge < -0.3 is 9.47 Å². The fraction of sp³-hybridized carbons (Fsp3) is 0.481. The number of hydrogen-bond donors (Lipinski definition) is 0. The largest absolute Gasteiger partial charge is 0.494 e. The van der Waals surface area contributed by atoms with Crippen molar-refractivity contribution in [3.05, 3.63) is 48.0 Å². The van der Waals surface area contributed by atoms with Gasteiger partial charge in [-0.15, -0.1) is 0 Å². The number of para-hydroxylation sites is 1. The molecule has 3 aromatic rings. The quantitative estimate of drug-likeness (QED) is 0.394. The minimum absolute atomic E-state index is 0.0259. The zero-order chi connectivity index (χ0) is 26.0. The lowest BCUT2D eigenvalue weighted by atomic mass is 10.0. The number of carbonyl (C=O) groups excluding carboxylic acids is 1. The number of hydrogen-bond acceptors (Lipinski definition) is 7. The van der Waals surface area contributed by atoms with Gasteiger partial charge in [0, 0.05) is 24.8 Å². The summed E-state index contributed by atoms with van der Waals surface area (Å²) >= 11 is 1.43. The standard InChI is InChI=1S/C27H33N3O5S2/c1-3-20-8-4-5-16-30(20)37(32,33)22-14-12-19(13-15-22)26(31)29(18-21-9-7-17-35-21)27-28-25-23(34-2)10-6-11-24(25)36-27/h6,10-15,20-21H,3-5,7-9,16-18H2,1-2H3. The van der Waals surface area contributed by atoms with E-state index in [2.05, 4.69) is 0 Å². The van der Waals surface area contributed by atoms with Crippen LogP contribution < -0.4 is 9.64 Å². The number of thiazole rings is 1. The zero-order valence-corrected chi connectivity index (χ0v) is 22.9. The zero-order valence-electron chi connectivity index (χ0n) is 21.3. The van der Waals surface area contributed by atoms with E-state index in [1.807, 2.05) is 25.1 Å². The Labute approximate surface area is 222 Å². The first-order valence-corrected chi connectivity index (χ1v) is 15.2. The number of ether oxygens (including phenoxy) is 2. The molecule has 10 heteroatoms. The van der Waals surface area contributed by atoms with Gasteiger partial charge in [-0.3, -0.25) is 9.69 Å². The maximum atomic E-state index is 13.8. The van der Waals surface area contributed by atoms with Crippen LogP contribution in [-0.2, 0) is 14.8 Å². The third-order valence-electron chi connectivity index (χ3n) is 7.23. The summed E-state index contributed by atoms with van der Waals surface area (Å²) in [6.45, 7) is 3.63. The molecule has 0 bridgehead atoms. The number of anilines is 1. The van der Waals surface area contributed by atoms with Crippen molar-refractivity contribution in [2.75, 3.05) is 31.7 Å². The lowest BCUT2D eigenvalue weighted by Gasteiger charge is -2.34. The highest BCUT2D eigenvalue weighted by Gasteiger charge is 2.33. The molecule has 1 aromatic heterocycles. The lowest BCUT2D eigenvalue weighted by molar-refractivity contribution is 0.0917. The van der Waals surface area contributed by atoms with Crippen LogP contribution in [0.4, 0.5) is 5.13 Å². The van der Waals surface area contributed by atoms with E-state index in [9.17, 15) is 13.2 Å². The van der Waals surface area contributed by atoms with E-state index >= 15 is 0 Å². The Hall–Kier alpha value is -2.53. The average molecular weight is 544 g/mol. The predicted octanol–water partition coefficient (Wildman–Crippen LogP) is 5.08. The lowest BCUT2D eigenvalue weighted by Crippen LogP contribution is -2.43. The Morgan fingerprint density at radius 1 is 1.16 bits per heavy atom. The Morgan fingerprint density at radius 2 is 1.97 bits per heavy atom. The number of fused-ring (bicyclic) bond motifs is 1. The van der Waals surface area contributed by atoms with Crippen LogP contribution >= 0.6 is 11.3 Å². The van der Waals surface area contributed by atoms with Gasteiger partial charge in [0.2, 0.25) is 10.0 Å². The molecule has 2 aromatic carbocycles. The number of rotatable bonds is 8. The molecule has 2 saturated heterocycles. The number of amides is 1. The second-order valence-corrected chi connectivity index (χ2v) is 12.5. The van der Waals surface area contributed by atoms with Crippen molar-refractivity contribution in [3.63, 3.8) is 0 Å². The third kappa shape index (κ3) is 5.25. The van der Waals surface area contributed by atoms with Crippen LogP contribution in [0.3, 0.4) is 0 Å². The van der Waals surface area contributed by atoms with E-state index in [1.54, 1.807) is 40.6 Å². The van der Waals surface area contributed by atoms with Crippen LogP contribution in [0.2, 0.25) is 0 Å². The number of piperidine rings is 1. The SMILES string of the molecule is CCC1CCCCN1S(=O)(=O)c1ccc(C(=O)N(CC2CCCO2)c2nc3c(OC)cccc3s2)cc1. The molecule has 0 saturated carbocycles. The van der Waals surface area contributed by atoms with Crippen molar-refractivity contribution < 1.29 is 22.7 Å². The number of nitrogens with zero attached hydrogens (tertiary/aromatic N) is 3. The summed E-state index contributed by atoms with van der Waals surface area (Å²) in [5.74, 6) is 0.420. The van der Waals surface area contributed by atoms with E-state index in [4.69, 9.17) is 14.5 Å². The van der Waals surface area contributed by atoms with Gasteiger partial charge in [-0.1, -0.05) is 30.7 Å². The van der Waals surface area contributed by atoms with Crippen molar-refractivity contribution in [1.82, 2.24) is 9.29 Å². The van der Waals surface area contributed by atoms with E-state index < -0.39 is 10.0 Å². The maximum Gasteiger partial charge on any atom is 0.260 e. The van der Waals surface area contributed by atoms with Gasteiger partial charge in [0.05, 0.1) is 29.4 Å². The molecule has 2 fully saturated rings. The van der Waals surface area contributed by atoms with Gasteiger partial charge in [-0.25, -0.2) is 13.4 Å². The maximum absolute atomic E-state index is 13.8. The van der Waals surface area contributed by atoms with Crippen molar-refractivity contribution in [2.24, 2.45) is 0 Å². The molecule has 198 valence electrons. The summed E-state index contributed by atoms with van der Waals surface area (Å²) in [5, 5.41) is 0.566. The molecule has 2 aliphatic rings. The smallest absolute Gasteiger partial charge is 0.260 e. The molecule has 0 aliphatic carbocycles. The van der Waals surface area contributed by atoms with Crippen LogP contribution in [-0.4, -0.2) is 62.6 Å². The first-order chi connectivity index (χ1) is 17.9. The van der Waals surface area contributed by atoms with Crippen LogP contribution in [0.5, 0.6) is 5.75 Å². The molecule has 2 aliphatic heterocycles. The molecule has 5 rings (SSSR count). The summed E-state index contributed by atoms with van der Waals surface area (Å²) in [4.78, 5) is 20.4. The molecule has 0 radical (unpaired) electrons. The second-order valence-electron chi connectivity index (χ2n) is 9.55. The highest BCUT2D eigenvalue weighted by Crippen LogP contribution is 2.35. The number of benzene rings is 2. The Morgan fingerprint density at radius 3 is 2.68 bits per heavy atom. The first-order valence-electron chi connectivity index (χ1n) is 12.9. The summed E-state index contributed by atoms with van der Waals surface area (Å²) in [6.07, 6.45) is 5.38. The summed E-state index contributed by atoms with van der Waals surface area (Å²) < 4.78 is 40.6. The van der Waals surface area contributed by atoms with E-state index in [-0.39, 0.29) is 22.9 Å². The number of carbonyl (C=O) groups is 1. The number of methoxy groups -OCH3 is 1. The fourth-order valence-corrected chi connectivity index (χ4v) is 7.95. The molecule has 2 unspecified atom stereocenters. The molecule has 37 heavy (non-hydrogen) atoms. The van der Waals surface area contributed by atoms with Gasteiger partial charge in [-0.2, -0.15) is 4.31 Å². The Bertz CT molecular complexity index is 1350. The van der Waals surface area contributed by atoms with Crippen LogP contribution in [0.1, 0.15) is 55.8 Å². The van der Waals surface area contributed by atoms with Crippen molar-refractivity contribution >= 4 is 42.6 Å². The molecule has 0 N–H and O–H groups in total. The van der Waals surface area contributed by atoms with Crippen LogP contribution in [0.25, 0.3) is 10.2 Å². The summed E-state index contributed by atoms with van der Waals surface area (Å²) in [7, 11) is -2.02. The minimum atomic E-state index is -3.62. The Balaban J connectivity index is 1.44. The topological polar surface area (TPSA) is 89.0 Å². The second kappa shape index (κ2) is 11.1. The van der Waals surface area contributed by atoms with E-state index in [1.165, 1.54) is 11.3 Å². The van der Waals surface area contributed by atoms with Crippen LogP contribution in [0.15, 0.2) is 47.4 Å². The van der Waals surface area contributed by atoms with E-state index in [0.29, 0.717) is 41.7 Å². The summed E-state index contributed by atoms with van der Waals surface area (Å²) in [6, 6.07) is 12.1. The Kier molecular flexibility index (Phi) is 7.80. The molecule has 8 nitrogen and oxygen atoms in total. The van der Waals surface area contributed by atoms with Gasteiger partial charge in [0.1, 0.15) is 11.3 Å².